The minimum Gasteiger partial charge on any atom is -0.368 e. The van der Waals surface area contributed by atoms with Gasteiger partial charge in [-0.2, -0.15) is 4.98 Å². The molecule has 0 fully saturated rings. The molecule has 1 atom stereocenters. The minimum absolute atomic E-state index is 0.0624. The smallest absolute Gasteiger partial charge is 0.240 e. The molecule has 6 nitrogen and oxygen atoms in total. The third kappa shape index (κ3) is 2.35. The first-order chi connectivity index (χ1) is 8.49. The molecule has 0 radical (unpaired) electrons. The summed E-state index contributed by atoms with van der Waals surface area (Å²) in [5, 5.41) is 5.80. The van der Waals surface area contributed by atoms with Gasteiger partial charge in [0.2, 0.25) is 11.9 Å². The van der Waals surface area contributed by atoms with Gasteiger partial charge in [-0.3, -0.25) is 4.79 Å². The van der Waals surface area contributed by atoms with Crippen molar-refractivity contribution in [2.75, 3.05) is 11.1 Å². The van der Waals surface area contributed by atoms with E-state index in [9.17, 15) is 4.79 Å². The zero-order chi connectivity index (χ0) is 13.3. The first-order valence-electron chi connectivity index (χ1n) is 5.55. The second kappa shape index (κ2) is 4.77. The number of nitrogens with two attached hydrogens (primary N) is 2. The van der Waals surface area contributed by atoms with E-state index in [1.54, 1.807) is 0 Å². The zero-order valence-electron chi connectivity index (χ0n) is 10.2. The van der Waals surface area contributed by atoms with Gasteiger partial charge < -0.3 is 16.8 Å². The van der Waals surface area contributed by atoms with Crippen molar-refractivity contribution in [1.82, 2.24) is 9.97 Å². The van der Waals surface area contributed by atoms with Crippen LogP contribution >= 0.6 is 11.3 Å². The molecule has 0 aliphatic rings. The van der Waals surface area contributed by atoms with Crippen LogP contribution in [0.4, 0.5) is 11.8 Å². The summed E-state index contributed by atoms with van der Waals surface area (Å²) in [6.07, 6.45) is 0. The second-order valence-corrected chi connectivity index (χ2v) is 5.23. The zero-order valence-corrected chi connectivity index (χ0v) is 11.0. The molecule has 2 rings (SSSR count). The number of nitrogens with one attached hydrogen (secondary N) is 1. The number of fused-ring (bicyclic) bond motifs is 1. The molecule has 18 heavy (non-hydrogen) atoms. The molecule has 7 heteroatoms. The van der Waals surface area contributed by atoms with Gasteiger partial charge >= 0.3 is 0 Å². The van der Waals surface area contributed by atoms with Crippen molar-refractivity contribution in [1.29, 1.82) is 0 Å². The van der Waals surface area contributed by atoms with Crippen LogP contribution in [0.25, 0.3) is 10.2 Å². The summed E-state index contributed by atoms with van der Waals surface area (Å²) in [6, 6.07) is 1.41. The molecule has 0 saturated heterocycles. The molecule has 2 heterocycles. The van der Waals surface area contributed by atoms with Crippen molar-refractivity contribution >= 4 is 39.2 Å². The molecular weight excluding hydrogens is 250 g/mol. The lowest BCUT2D eigenvalue weighted by atomic mass is 10.0. The number of rotatable bonds is 4. The summed E-state index contributed by atoms with van der Waals surface area (Å²) >= 11 is 1.47. The van der Waals surface area contributed by atoms with E-state index in [0.29, 0.717) is 5.82 Å². The molecule has 0 bridgehead atoms. The van der Waals surface area contributed by atoms with Crippen LogP contribution in [0.3, 0.4) is 0 Å². The summed E-state index contributed by atoms with van der Waals surface area (Å²) < 4.78 is 0. The first kappa shape index (κ1) is 12.6. The average molecular weight is 265 g/mol. The highest BCUT2D eigenvalue weighted by atomic mass is 32.1. The van der Waals surface area contributed by atoms with Crippen LogP contribution < -0.4 is 16.8 Å². The van der Waals surface area contributed by atoms with E-state index >= 15 is 0 Å². The van der Waals surface area contributed by atoms with E-state index in [1.165, 1.54) is 11.3 Å². The standard InChI is InChI=1S/C11H15N5OS/c1-5(2)7(8(12)17)14-9-6-3-4-18-10(6)16-11(13)15-9/h3-5,7H,1-2H3,(H2,12,17)(H3,13,14,15,16). The SMILES string of the molecule is CC(C)C(Nc1nc(N)nc2sccc12)C(N)=O. The van der Waals surface area contributed by atoms with E-state index in [1.807, 2.05) is 25.3 Å². The van der Waals surface area contributed by atoms with Gasteiger partial charge in [0.1, 0.15) is 16.7 Å². The Bertz CT molecular complexity index is 580. The number of carbonyl (C=O) groups excluding carboxylic acids is 1. The number of aromatic nitrogens is 2. The van der Waals surface area contributed by atoms with Crippen molar-refractivity contribution in [3.05, 3.63) is 11.4 Å². The highest BCUT2D eigenvalue weighted by Gasteiger charge is 2.21. The van der Waals surface area contributed by atoms with Crippen LogP contribution in [-0.4, -0.2) is 21.9 Å². The van der Waals surface area contributed by atoms with Crippen LogP contribution in [0.2, 0.25) is 0 Å². The summed E-state index contributed by atoms with van der Waals surface area (Å²) in [6.45, 7) is 3.83. The Balaban J connectivity index is 2.41. The van der Waals surface area contributed by atoms with Crippen LogP contribution in [0.1, 0.15) is 13.8 Å². The second-order valence-electron chi connectivity index (χ2n) is 4.34. The lowest BCUT2D eigenvalue weighted by molar-refractivity contribution is -0.119. The third-order valence-electron chi connectivity index (χ3n) is 2.61. The maximum atomic E-state index is 11.4. The van der Waals surface area contributed by atoms with Gasteiger partial charge in [0.15, 0.2) is 0 Å². The average Bonchev–Trinajstić information content (AvgIpc) is 2.72. The van der Waals surface area contributed by atoms with Crippen LogP contribution in [0, 0.1) is 5.92 Å². The van der Waals surface area contributed by atoms with Crippen LogP contribution in [0.15, 0.2) is 11.4 Å². The van der Waals surface area contributed by atoms with Crippen molar-refractivity contribution in [2.45, 2.75) is 19.9 Å². The number of nitrogen functional groups attached to an aromatic ring is 1. The maximum absolute atomic E-state index is 11.4. The molecule has 0 aromatic carbocycles. The largest absolute Gasteiger partial charge is 0.368 e. The van der Waals surface area contributed by atoms with Gasteiger partial charge in [-0.05, 0) is 17.4 Å². The molecule has 0 saturated carbocycles. The Labute approximate surface area is 108 Å². The van der Waals surface area contributed by atoms with Crippen molar-refractivity contribution in [2.24, 2.45) is 11.7 Å². The van der Waals surface area contributed by atoms with Crippen LogP contribution in [0.5, 0.6) is 0 Å². The number of thiophene rings is 1. The first-order valence-corrected chi connectivity index (χ1v) is 6.43. The molecule has 0 aliphatic heterocycles. The number of primary amides is 1. The van der Waals surface area contributed by atoms with Gasteiger partial charge in [-0.1, -0.05) is 13.8 Å². The molecule has 1 amide bonds. The number of amides is 1. The topological polar surface area (TPSA) is 107 Å². The Hall–Kier alpha value is -1.89. The molecule has 0 aliphatic carbocycles. The highest BCUT2D eigenvalue weighted by Crippen LogP contribution is 2.26. The fraction of sp³-hybridized carbons (Fsp3) is 0.364. The fourth-order valence-corrected chi connectivity index (χ4v) is 2.47. The molecule has 0 spiro atoms. The summed E-state index contributed by atoms with van der Waals surface area (Å²) in [5.74, 6) is 0.383. The summed E-state index contributed by atoms with van der Waals surface area (Å²) in [4.78, 5) is 20.4. The molecule has 96 valence electrons. The van der Waals surface area contributed by atoms with E-state index in [-0.39, 0.29) is 11.9 Å². The summed E-state index contributed by atoms with van der Waals surface area (Å²) in [7, 11) is 0. The van der Waals surface area contributed by atoms with Crippen molar-refractivity contribution in [3.8, 4) is 0 Å². The quantitative estimate of drug-likeness (QED) is 0.770. The van der Waals surface area contributed by atoms with Crippen molar-refractivity contribution in [3.63, 3.8) is 0 Å². The molecule has 2 aromatic rings. The van der Waals surface area contributed by atoms with Gasteiger partial charge in [-0.15, -0.1) is 11.3 Å². The number of carbonyl (C=O) groups is 1. The van der Waals surface area contributed by atoms with Gasteiger partial charge in [0, 0.05) is 0 Å². The number of hydrogen-bond acceptors (Lipinski definition) is 6. The summed E-state index contributed by atoms with van der Waals surface area (Å²) in [5.41, 5.74) is 11.0. The van der Waals surface area contributed by atoms with E-state index < -0.39 is 11.9 Å². The van der Waals surface area contributed by atoms with Gasteiger partial charge in [0.25, 0.3) is 0 Å². The van der Waals surface area contributed by atoms with Gasteiger partial charge in [-0.25, -0.2) is 4.98 Å². The number of nitrogens with zero attached hydrogens (tertiary/aromatic N) is 2. The molecule has 1 unspecified atom stereocenters. The third-order valence-corrected chi connectivity index (χ3v) is 3.41. The van der Waals surface area contributed by atoms with Crippen LogP contribution in [-0.2, 0) is 4.79 Å². The highest BCUT2D eigenvalue weighted by molar-refractivity contribution is 7.16. The molecule has 5 N–H and O–H groups in total. The Morgan fingerprint density at radius 3 is 2.78 bits per heavy atom. The number of hydrogen-bond donors (Lipinski definition) is 3. The fourth-order valence-electron chi connectivity index (χ4n) is 1.70. The van der Waals surface area contributed by atoms with Crippen molar-refractivity contribution < 1.29 is 4.79 Å². The lowest BCUT2D eigenvalue weighted by Gasteiger charge is -2.19. The lowest BCUT2D eigenvalue weighted by Crippen LogP contribution is -2.39. The Kier molecular flexibility index (Phi) is 3.33. The van der Waals surface area contributed by atoms with E-state index in [0.717, 1.165) is 10.2 Å². The maximum Gasteiger partial charge on any atom is 0.240 e. The number of anilines is 2. The van der Waals surface area contributed by atoms with E-state index in [2.05, 4.69) is 15.3 Å². The normalized spacial score (nSPS) is 12.8. The Morgan fingerprint density at radius 2 is 2.17 bits per heavy atom. The monoisotopic (exact) mass is 265 g/mol. The van der Waals surface area contributed by atoms with E-state index in [4.69, 9.17) is 11.5 Å². The molecule has 2 aromatic heterocycles. The predicted molar refractivity (Wildman–Crippen MR) is 73.3 cm³/mol. The predicted octanol–water partition coefficient (Wildman–Crippen LogP) is 1.20. The Morgan fingerprint density at radius 1 is 1.44 bits per heavy atom. The minimum atomic E-state index is -0.484. The van der Waals surface area contributed by atoms with Gasteiger partial charge in [0.05, 0.1) is 5.39 Å². The molecular formula is C11H15N5OS.